The van der Waals surface area contributed by atoms with Gasteiger partial charge < -0.3 is 9.05 Å². The highest BCUT2D eigenvalue weighted by Crippen LogP contribution is 2.50. The van der Waals surface area contributed by atoms with Crippen molar-refractivity contribution in [1.29, 1.82) is 0 Å². The zero-order valence-electron chi connectivity index (χ0n) is 10.5. The molecule has 1 aliphatic rings. The van der Waals surface area contributed by atoms with E-state index in [4.69, 9.17) is 9.05 Å². The Morgan fingerprint density at radius 2 is 1.50 bits per heavy atom. The average molecular weight is 248 g/mol. The van der Waals surface area contributed by atoms with Crippen LogP contribution in [0.25, 0.3) is 0 Å². The summed E-state index contributed by atoms with van der Waals surface area (Å²) < 4.78 is 22.8. The number of unbranched alkanes of at least 4 members (excludes halogenated alkanes) is 5. The standard InChI is InChI=1S/C12H25O3P/c1-2-3-4-5-6-9-12-16(13)14-10-7-8-11-15-16/h2-12H2,1H3. The Kier molecular flexibility index (Phi) is 7.35. The molecule has 0 aromatic heterocycles. The molecule has 0 bridgehead atoms. The van der Waals surface area contributed by atoms with E-state index in [9.17, 15) is 4.57 Å². The quantitative estimate of drug-likeness (QED) is 0.496. The molecule has 0 radical (unpaired) electrons. The maximum Gasteiger partial charge on any atom is 0.330 e. The first-order valence-corrected chi connectivity index (χ1v) is 8.38. The van der Waals surface area contributed by atoms with Crippen molar-refractivity contribution in [3.63, 3.8) is 0 Å². The molecule has 0 saturated carbocycles. The van der Waals surface area contributed by atoms with Crippen LogP contribution in [0.4, 0.5) is 0 Å². The molecule has 0 N–H and O–H groups in total. The minimum Gasteiger partial charge on any atom is -0.309 e. The van der Waals surface area contributed by atoms with Crippen molar-refractivity contribution in [1.82, 2.24) is 0 Å². The number of rotatable bonds is 7. The first kappa shape index (κ1) is 14.2. The van der Waals surface area contributed by atoms with Gasteiger partial charge in [-0.1, -0.05) is 39.0 Å². The van der Waals surface area contributed by atoms with E-state index in [0.29, 0.717) is 19.4 Å². The molecule has 0 aliphatic carbocycles. The van der Waals surface area contributed by atoms with Crippen LogP contribution in [0.5, 0.6) is 0 Å². The number of hydrogen-bond acceptors (Lipinski definition) is 3. The van der Waals surface area contributed by atoms with Crippen LogP contribution in [0.2, 0.25) is 0 Å². The molecule has 0 aromatic rings. The van der Waals surface area contributed by atoms with Crippen LogP contribution in [0.1, 0.15) is 58.3 Å². The summed E-state index contributed by atoms with van der Waals surface area (Å²) in [6, 6.07) is 0. The molecule has 0 unspecified atom stereocenters. The molecule has 1 rings (SSSR count). The molecule has 16 heavy (non-hydrogen) atoms. The lowest BCUT2D eigenvalue weighted by Crippen LogP contribution is -1.98. The van der Waals surface area contributed by atoms with Gasteiger partial charge in [-0.15, -0.1) is 0 Å². The van der Waals surface area contributed by atoms with Gasteiger partial charge in [-0.2, -0.15) is 0 Å². The Morgan fingerprint density at radius 3 is 2.12 bits per heavy atom. The normalized spacial score (nSPS) is 20.6. The highest BCUT2D eigenvalue weighted by Gasteiger charge is 2.25. The highest BCUT2D eigenvalue weighted by molar-refractivity contribution is 7.53. The molecule has 3 nitrogen and oxygen atoms in total. The highest BCUT2D eigenvalue weighted by atomic mass is 31.2. The van der Waals surface area contributed by atoms with Crippen LogP contribution < -0.4 is 0 Å². The Labute approximate surface area is 99.4 Å². The fourth-order valence-electron chi connectivity index (χ4n) is 1.86. The maximum absolute atomic E-state index is 12.1. The molecule has 1 saturated heterocycles. The van der Waals surface area contributed by atoms with Gasteiger partial charge in [0, 0.05) is 0 Å². The van der Waals surface area contributed by atoms with Crippen molar-refractivity contribution < 1.29 is 13.6 Å². The summed E-state index contributed by atoms with van der Waals surface area (Å²) in [6.45, 7) is 3.42. The molecule has 0 aromatic carbocycles. The summed E-state index contributed by atoms with van der Waals surface area (Å²) in [4.78, 5) is 0. The van der Waals surface area contributed by atoms with Crippen LogP contribution in [0.15, 0.2) is 0 Å². The molecule has 0 spiro atoms. The van der Waals surface area contributed by atoms with Crippen molar-refractivity contribution in [3.05, 3.63) is 0 Å². The minimum absolute atomic E-state index is 0.604. The molecule has 0 atom stereocenters. The monoisotopic (exact) mass is 248 g/mol. The molecular weight excluding hydrogens is 223 g/mol. The molecule has 1 fully saturated rings. The largest absolute Gasteiger partial charge is 0.330 e. The van der Waals surface area contributed by atoms with Crippen molar-refractivity contribution in [2.75, 3.05) is 19.4 Å². The third-order valence-corrected chi connectivity index (χ3v) is 4.92. The van der Waals surface area contributed by atoms with E-state index in [1.54, 1.807) is 0 Å². The Morgan fingerprint density at radius 1 is 0.938 bits per heavy atom. The summed E-state index contributed by atoms with van der Waals surface area (Å²) in [6.07, 6.45) is 9.80. The predicted octanol–water partition coefficient (Wildman–Crippen LogP) is 4.37. The molecule has 96 valence electrons. The van der Waals surface area contributed by atoms with Crippen molar-refractivity contribution >= 4 is 7.60 Å². The second-order valence-electron chi connectivity index (χ2n) is 4.48. The van der Waals surface area contributed by atoms with Gasteiger partial charge in [0.15, 0.2) is 0 Å². The molecule has 4 heteroatoms. The maximum atomic E-state index is 12.1. The molecule has 1 heterocycles. The van der Waals surface area contributed by atoms with E-state index < -0.39 is 7.60 Å². The summed E-state index contributed by atoms with van der Waals surface area (Å²) >= 11 is 0. The lowest BCUT2D eigenvalue weighted by molar-refractivity contribution is 0.238. The molecular formula is C12H25O3P. The predicted molar refractivity (Wildman–Crippen MR) is 67.0 cm³/mol. The third-order valence-electron chi connectivity index (χ3n) is 2.90. The second-order valence-corrected chi connectivity index (χ2v) is 6.66. The molecule has 1 aliphatic heterocycles. The SMILES string of the molecule is CCCCCCCCP1(=O)OCCCCO1. The lowest BCUT2D eigenvalue weighted by atomic mass is 10.1. The summed E-state index contributed by atoms with van der Waals surface area (Å²) in [5, 5.41) is 0. The van der Waals surface area contributed by atoms with Gasteiger partial charge in [0.05, 0.1) is 19.4 Å². The van der Waals surface area contributed by atoms with Crippen LogP contribution in [-0.4, -0.2) is 19.4 Å². The van der Waals surface area contributed by atoms with Gasteiger partial charge in [0.1, 0.15) is 0 Å². The fraction of sp³-hybridized carbons (Fsp3) is 1.00. The zero-order valence-corrected chi connectivity index (χ0v) is 11.3. The lowest BCUT2D eigenvalue weighted by Gasteiger charge is -2.14. The van der Waals surface area contributed by atoms with E-state index in [1.165, 1.54) is 25.7 Å². The van der Waals surface area contributed by atoms with Crippen LogP contribution in [0, 0.1) is 0 Å². The first-order chi connectivity index (χ1) is 7.77. The van der Waals surface area contributed by atoms with Gasteiger partial charge in [0.25, 0.3) is 0 Å². The van der Waals surface area contributed by atoms with Gasteiger partial charge >= 0.3 is 7.60 Å². The summed E-state index contributed by atoms with van der Waals surface area (Å²) in [5.41, 5.74) is 0. The topological polar surface area (TPSA) is 35.5 Å². The fourth-order valence-corrected chi connectivity index (χ4v) is 3.62. The van der Waals surface area contributed by atoms with Gasteiger partial charge in [0.2, 0.25) is 0 Å². The van der Waals surface area contributed by atoms with Gasteiger partial charge in [-0.3, -0.25) is 4.57 Å². The molecule has 0 amide bonds. The summed E-state index contributed by atoms with van der Waals surface area (Å²) in [7, 11) is -2.71. The van der Waals surface area contributed by atoms with Crippen molar-refractivity contribution in [2.45, 2.75) is 58.3 Å². The average Bonchev–Trinajstić information content (AvgIpc) is 2.49. The van der Waals surface area contributed by atoms with E-state index in [2.05, 4.69) is 6.92 Å². The Hall–Kier alpha value is 0.150. The van der Waals surface area contributed by atoms with Crippen LogP contribution in [-0.2, 0) is 13.6 Å². The first-order valence-electron chi connectivity index (χ1n) is 6.65. The second kappa shape index (κ2) is 8.27. The van der Waals surface area contributed by atoms with E-state index in [1.807, 2.05) is 0 Å². The van der Waals surface area contributed by atoms with Crippen LogP contribution >= 0.6 is 7.60 Å². The van der Waals surface area contributed by atoms with E-state index >= 15 is 0 Å². The number of hydrogen-bond donors (Lipinski definition) is 0. The van der Waals surface area contributed by atoms with E-state index in [-0.39, 0.29) is 0 Å². The Balaban J connectivity index is 2.08. The minimum atomic E-state index is -2.71. The van der Waals surface area contributed by atoms with Crippen molar-refractivity contribution in [3.8, 4) is 0 Å². The van der Waals surface area contributed by atoms with Crippen LogP contribution in [0.3, 0.4) is 0 Å². The van der Waals surface area contributed by atoms with E-state index in [0.717, 1.165) is 25.7 Å². The van der Waals surface area contributed by atoms with Gasteiger partial charge in [-0.05, 0) is 19.3 Å². The van der Waals surface area contributed by atoms with Crippen molar-refractivity contribution in [2.24, 2.45) is 0 Å². The zero-order chi connectivity index (χ0) is 11.7. The Bertz CT molecular complexity index is 206. The third kappa shape index (κ3) is 6.03. The van der Waals surface area contributed by atoms with Gasteiger partial charge in [-0.25, -0.2) is 0 Å². The summed E-state index contributed by atoms with van der Waals surface area (Å²) in [5.74, 6) is 0. The smallest absolute Gasteiger partial charge is 0.309 e.